The maximum atomic E-state index is 9.00. The van der Waals surface area contributed by atoms with Crippen LogP contribution in [0.1, 0.15) is 32.3 Å². The lowest BCUT2D eigenvalue weighted by molar-refractivity contribution is 0.281. The summed E-state index contributed by atoms with van der Waals surface area (Å²) >= 11 is 1.91. The summed E-state index contributed by atoms with van der Waals surface area (Å²) in [4.78, 5) is 1.27. The average Bonchev–Trinajstić information content (AvgIpc) is 2.26. The smallest absolute Gasteiger partial charge is 0.0682 e. The summed E-state index contributed by atoms with van der Waals surface area (Å²) in [7, 11) is 0. The van der Waals surface area contributed by atoms with E-state index in [1.807, 2.05) is 23.9 Å². The van der Waals surface area contributed by atoms with Crippen LogP contribution in [0.4, 0.5) is 0 Å². The molecule has 1 N–H and O–H groups in total. The van der Waals surface area contributed by atoms with E-state index in [1.54, 1.807) is 0 Å². The Morgan fingerprint density at radius 3 is 2.57 bits per heavy atom. The highest BCUT2D eigenvalue weighted by Gasteiger charge is 2.05. The minimum Gasteiger partial charge on any atom is -0.392 e. The SMILES string of the molecule is CCC(CC)Sc1cccc(CO)c1. The minimum atomic E-state index is 0.136. The molecule has 0 aliphatic carbocycles. The molecule has 0 atom stereocenters. The molecule has 0 saturated carbocycles. The van der Waals surface area contributed by atoms with E-state index in [1.165, 1.54) is 17.7 Å². The van der Waals surface area contributed by atoms with Crippen molar-refractivity contribution in [3.63, 3.8) is 0 Å². The minimum absolute atomic E-state index is 0.136. The summed E-state index contributed by atoms with van der Waals surface area (Å²) in [6.45, 7) is 4.57. The van der Waals surface area contributed by atoms with Crippen molar-refractivity contribution in [2.75, 3.05) is 0 Å². The third kappa shape index (κ3) is 3.35. The van der Waals surface area contributed by atoms with E-state index in [4.69, 9.17) is 5.11 Å². The molecular weight excluding hydrogens is 192 g/mol. The number of aliphatic hydroxyl groups excluding tert-OH is 1. The van der Waals surface area contributed by atoms with Crippen LogP contribution in [-0.4, -0.2) is 10.4 Å². The lowest BCUT2D eigenvalue weighted by atomic mass is 10.2. The Morgan fingerprint density at radius 2 is 2.00 bits per heavy atom. The maximum Gasteiger partial charge on any atom is 0.0682 e. The maximum absolute atomic E-state index is 9.00. The van der Waals surface area contributed by atoms with Crippen molar-refractivity contribution in [3.05, 3.63) is 29.8 Å². The third-order valence-electron chi connectivity index (χ3n) is 2.29. The van der Waals surface area contributed by atoms with Crippen molar-refractivity contribution in [3.8, 4) is 0 Å². The fourth-order valence-corrected chi connectivity index (χ4v) is 2.46. The number of benzene rings is 1. The molecule has 0 saturated heterocycles. The number of hydrogen-bond donors (Lipinski definition) is 1. The zero-order valence-corrected chi connectivity index (χ0v) is 9.68. The molecule has 0 bridgehead atoms. The van der Waals surface area contributed by atoms with Gasteiger partial charge in [0.1, 0.15) is 0 Å². The van der Waals surface area contributed by atoms with Crippen molar-refractivity contribution in [2.24, 2.45) is 0 Å². The first-order valence-electron chi connectivity index (χ1n) is 5.16. The number of rotatable bonds is 5. The quantitative estimate of drug-likeness (QED) is 0.751. The van der Waals surface area contributed by atoms with E-state index in [2.05, 4.69) is 26.0 Å². The van der Waals surface area contributed by atoms with Crippen LogP contribution in [0.5, 0.6) is 0 Å². The summed E-state index contributed by atoms with van der Waals surface area (Å²) in [6, 6.07) is 8.15. The van der Waals surface area contributed by atoms with Gasteiger partial charge in [0.25, 0.3) is 0 Å². The molecule has 0 radical (unpaired) electrons. The van der Waals surface area contributed by atoms with Gasteiger partial charge in [-0.3, -0.25) is 0 Å². The number of thioether (sulfide) groups is 1. The van der Waals surface area contributed by atoms with Crippen LogP contribution in [0.15, 0.2) is 29.2 Å². The zero-order chi connectivity index (χ0) is 10.4. The first-order valence-corrected chi connectivity index (χ1v) is 6.04. The van der Waals surface area contributed by atoms with Gasteiger partial charge in [-0.1, -0.05) is 26.0 Å². The lowest BCUT2D eigenvalue weighted by Gasteiger charge is -2.11. The van der Waals surface area contributed by atoms with Crippen LogP contribution in [0.25, 0.3) is 0 Å². The molecule has 14 heavy (non-hydrogen) atoms. The average molecular weight is 210 g/mol. The van der Waals surface area contributed by atoms with Gasteiger partial charge in [0, 0.05) is 10.1 Å². The predicted octanol–water partition coefficient (Wildman–Crippen LogP) is 3.46. The van der Waals surface area contributed by atoms with Crippen molar-refractivity contribution in [1.82, 2.24) is 0 Å². The summed E-state index contributed by atoms with van der Waals surface area (Å²) in [6.07, 6.45) is 2.40. The van der Waals surface area contributed by atoms with Crippen LogP contribution in [0, 0.1) is 0 Å². The van der Waals surface area contributed by atoms with Crippen LogP contribution in [-0.2, 0) is 6.61 Å². The molecule has 0 fully saturated rings. The van der Waals surface area contributed by atoms with Crippen LogP contribution < -0.4 is 0 Å². The molecule has 1 aromatic carbocycles. The van der Waals surface area contributed by atoms with E-state index >= 15 is 0 Å². The van der Waals surface area contributed by atoms with Gasteiger partial charge in [-0.15, -0.1) is 11.8 Å². The Morgan fingerprint density at radius 1 is 1.29 bits per heavy atom. The summed E-state index contributed by atoms with van der Waals surface area (Å²) in [5, 5.41) is 9.70. The second kappa shape index (κ2) is 6.10. The Bertz CT molecular complexity index is 269. The highest BCUT2D eigenvalue weighted by Crippen LogP contribution is 2.27. The Labute approximate surface area is 90.5 Å². The van der Waals surface area contributed by atoms with E-state index < -0.39 is 0 Å². The van der Waals surface area contributed by atoms with Crippen LogP contribution in [0.3, 0.4) is 0 Å². The topological polar surface area (TPSA) is 20.2 Å². The first kappa shape index (κ1) is 11.6. The van der Waals surface area contributed by atoms with Crippen molar-refractivity contribution in [2.45, 2.75) is 43.4 Å². The summed E-state index contributed by atoms with van der Waals surface area (Å²) in [5.74, 6) is 0. The fraction of sp³-hybridized carbons (Fsp3) is 0.500. The van der Waals surface area contributed by atoms with E-state index in [0.29, 0.717) is 5.25 Å². The molecule has 0 spiro atoms. The largest absolute Gasteiger partial charge is 0.392 e. The first-order chi connectivity index (χ1) is 6.80. The number of aliphatic hydroxyl groups is 1. The van der Waals surface area contributed by atoms with Gasteiger partial charge in [0.2, 0.25) is 0 Å². The molecule has 0 aliphatic heterocycles. The van der Waals surface area contributed by atoms with E-state index in [0.717, 1.165) is 5.56 Å². The molecule has 0 amide bonds. The molecular formula is C12H18OS. The van der Waals surface area contributed by atoms with Crippen molar-refractivity contribution < 1.29 is 5.11 Å². The summed E-state index contributed by atoms with van der Waals surface area (Å²) < 4.78 is 0. The van der Waals surface area contributed by atoms with Gasteiger partial charge >= 0.3 is 0 Å². The highest BCUT2D eigenvalue weighted by molar-refractivity contribution is 8.00. The predicted molar refractivity (Wildman–Crippen MR) is 62.6 cm³/mol. The monoisotopic (exact) mass is 210 g/mol. The molecule has 0 unspecified atom stereocenters. The second-order valence-corrected chi connectivity index (χ2v) is 4.74. The van der Waals surface area contributed by atoms with Gasteiger partial charge < -0.3 is 5.11 Å². The Hall–Kier alpha value is -0.470. The van der Waals surface area contributed by atoms with Gasteiger partial charge in [0.15, 0.2) is 0 Å². The lowest BCUT2D eigenvalue weighted by Crippen LogP contribution is -1.97. The Balaban J connectivity index is 2.65. The van der Waals surface area contributed by atoms with Crippen molar-refractivity contribution >= 4 is 11.8 Å². The van der Waals surface area contributed by atoms with Gasteiger partial charge in [-0.2, -0.15) is 0 Å². The van der Waals surface area contributed by atoms with Crippen molar-refractivity contribution in [1.29, 1.82) is 0 Å². The molecule has 1 rings (SSSR count). The van der Waals surface area contributed by atoms with Gasteiger partial charge in [0.05, 0.1) is 6.61 Å². The molecule has 0 aliphatic rings. The van der Waals surface area contributed by atoms with E-state index in [9.17, 15) is 0 Å². The van der Waals surface area contributed by atoms with Crippen LogP contribution >= 0.6 is 11.8 Å². The van der Waals surface area contributed by atoms with E-state index in [-0.39, 0.29) is 6.61 Å². The standard InChI is InChI=1S/C12H18OS/c1-3-11(4-2)14-12-7-5-6-10(8-12)9-13/h5-8,11,13H,3-4,9H2,1-2H3. The fourth-order valence-electron chi connectivity index (χ4n) is 1.36. The van der Waals surface area contributed by atoms with Gasteiger partial charge in [-0.05, 0) is 30.5 Å². The molecule has 0 aromatic heterocycles. The highest BCUT2D eigenvalue weighted by atomic mass is 32.2. The number of hydrogen-bond acceptors (Lipinski definition) is 2. The molecule has 1 nitrogen and oxygen atoms in total. The molecule has 2 heteroatoms. The third-order valence-corrected chi connectivity index (χ3v) is 3.82. The normalized spacial score (nSPS) is 10.9. The Kier molecular flexibility index (Phi) is 5.05. The summed E-state index contributed by atoms with van der Waals surface area (Å²) in [5.41, 5.74) is 1.00. The molecule has 78 valence electrons. The van der Waals surface area contributed by atoms with Gasteiger partial charge in [-0.25, -0.2) is 0 Å². The zero-order valence-electron chi connectivity index (χ0n) is 8.86. The second-order valence-electron chi connectivity index (χ2n) is 3.36. The van der Waals surface area contributed by atoms with Crippen LogP contribution in [0.2, 0.25) is 0 Å². The molecule has 0 heterocycles. The molecule has 1 aromatic rings.